The molecule has 1 heterocycles. The summed E-state index contributed by atoms with van der Waals surface area (Å²) < 4.78 is 0. The van der Waals surface area contributed by atoms with E-state index in [1.165, 1.54) is 16.9 Å². The van der Waals surface area contributed by atoms with Gasteiger partial charge in [-0.15, -0.1) is 11.3 Å². The molecular weight excluding hydrogens is 268 g/mol. The number of hydrogen-bond donors (Lipinski definition) is 1. The average molecular weight is 288 g/mol. The first-order chi connectivity index (χ1) is 9.40. The number of aromatic nitrogens is 1. The first-order valence-electron chi connectivity index (χ1n) is 6.76. The van der Waals surface area contributed by atoms with Crippen LogP contribution in [-0.4, -0.2) is 10.9 Å². The summed E-state index contributed by atoms with van der Waals surface area (Å²) in [5.41, 5.74) is 2.98. The zero-order valence-electron chi connectivity index (χ0n) is 12.4. The van der Waals surface area contributed by atoms with E-state index >= 15 is 0 Å². The molecule has 106 valence electrons. The number of nitrogens with zero attached hydrogens (tertiary/aromatic N) is 1. The quantitative estimate of drug-likeness (QED) is 0.917. The highest BCUT2D eigenvalue weighted by Crippen LogP contribution is 2.23. The lowest BCUT2D eigenvalue weighted by atomic mass is 9.87. The van der Waals surface area contributed by atoms with Crippen LogP contribution in [0.4, 0.5) is 5.13 Å². The highest BCUT2D eigenvalue weighted by atomic mass is 32.1. The maximum atomic E-state index is 12.1. The molecule has 0 spiro atoms. The monoisotopic (exact) mass is 288 g/mol. The topological polar surface area (TPSA) is 42.0 Å². The first-order valence-corrected chi connectivity index (χ1v) is 7.64. The number of rotatable bonds is 3. The molecule has 1 amide bonds. The minimum absolute atomic E-state index is 0.0976. The van der Waals surface area contributed by atoms with Gasteiger partial charge < -0.3 is 0 Å². The molecule has 2 rings (SSSR count). The van der Waals surface area contributed by atoms with Crippen molar-refractivity contribution in [1.82, 2.24) is 4.98 Å². The summed E-state index contributed by atoms with van der Waals surface area (Å²) in [4.78, 5) is 16.5. The highest BCUT2D eigenvalue weighted by molar-refractivity contribution is 7.13. The van der Waals surface area contributed by atoms with Gasteiger partial charge in [-0.05, 0) is 29.5 Å². The van der Waals surface area contributed by atoms with Gasteiger partial charge in [0.05, 0.1) is 5.69 Å². The number of anilines is 1. The zero-order valence-corrected chi connectivity index (χ0v) is 13.2. The van der Waals surface area contributed by atoms with Gasteiger partial charge in [0.2, 0.25) is 0 Å². The molecule has 4 heteroatoms. The molecule has 1 aromatic carbocycles. The minimum Gasteiger partial charge on any atom is -0.298 e. The predicted octanol–water partition coefficient (Wildman–Crippen LogP) is 4.26. The standard InChI is InChI=1S/C16H20N2OS/c1-5-13-10-20-15(17-13)18-14(19)11-6-8-12(9-7-11)16(2,3)4/h6-10H,5H2,1-4H3,(H,17,18,19). The summed E-state index contributed by atoms with van der Waals surface area (Å²) in [5, 5.41) is 5.47. The number of carbonyl (C=O) groups is 1. The summed E-state index contributed by atoms with van der Waals surface area (Å²) in [6.45, 7) is 8.52. The van der Waals surface area contributed by atoms with Crippen molar-refractivity contribution in [1.29, 1.82) is 0 Å². The Labute approximate surface area is 124 Å². The Bertz CT molecular complexity index is 594. The smallest absolute Gasteiger partial charge is 0.257 e. The Kier molecular flexibility index (Phi) is 4.23. The molecule has 0 aliphatic rings. The van der Waals surface area contributed by atoms with Crippen LogP contribution in [-0.2, 0) is 11.8 Å². The Hall–Kier alpha value is -1.68. The molecule has 0 bridgehead atoms. The summed E-state index contributed by atoms with van der Waals surface area (Å²) in [6.07, 6.45) is 0.882. The van der Waals surface area contributed by atoms with E-state index in [0.29, 0.717) is 10.7 Å². The number of aryl methyl sites for hydroxylation is 1. The van der Waals surface area contributed by atoms with Crippen LogP contribution in [0, 0.1) is 0 Å². The van der Waals surface area contributed by atoms with Crippen LogP contribution in [0.2, 0.25) is 0 Å². The number of nitrogens with one attached hydrogen (secondary N) is 1. The molecule has 0 atom stereocenters. The van der Waals surface area contributed by atoms with E-state index in [0.717, 1.165) is 12.1 Å². The Morgan fingerprint density at radius 3 is 2.40 bits per heavy atom. The lowest BCUT2D eigenvalue weighted by Gasteiger charge is -2.18. The van der Waals surface area contributed by atoms with Gasteiger partial charge in [-0.3, -0.25) is 10.1 Å². The van der Waals surface area contributed by atoms with Gasteiger partial charge in [0.25, 0.3) is 5.91 Å². The van der Waals surface area contributed by atoms with E-state index in [1.54, 1.807) is 0 Å². The molecular formula is C16H20N2OS. The minimum atomic E-state index is -0.109. The van der Waals surface area contributed by atoms with Crippen LogP contribution in [0.1, 0.15) is 49.3 Å². The number of amides is 1. The SMILES string of the molecule is CCc1csc(NC(=O)c2ccc(C(C)(C)C)cc2)n1. The lowest BCUT2D eigenvalue weighted by molar-refractivity contribution is 0.102. The van der Waals surface area contributed by atoms with Gasteiger partial charge in [0.1, 0.15) is 0 Å². The van der Waals surface area contributed by atoms with Crippen LogP contribution in [0.15, 0.2) is 29.6 Å². The normalized spacial score (nSPS) is 11.4. The number of thiazole rings is 1. The van der Waals surface area contributed by atoms with E-state index in [4.69, 9.17) is 0 Å². The first kappa shape index (κ1) is 14.7. The molecule has 0 saturated carbocycles. The largest absolute Gasteiger partial charge is 0.298 e. The Morgan fingerprint density at radius 2 is 1.90 bits per heavy atom. The second-order valence-corrected chi connectivity index (χ2v) is 6.64. The maximum absolute atomic E-state index is 12.1. The number of hydrogen-bond acceptors (Lipinski definition) is 3. The van der Waals surface area contributed by atoms with Crippen LogP contribution < -0.4 is 5.32 Å². The van der Waals surface area contributed by atoms with Crippen molar-refractivity contribution in [2.24, 2.45) is 0 Å². The van der Waals surface area contributed by atoms with Crippen molar-refractivity contribution in [2.45, 2.75) is 39.5 Å². The third-order valence-corrected chi connectivity index (χ3v) is 3.95. The van der Waals surface area contributed by atoms with Crippen molar-refractivity contribution >= 4 is 22.4 Å². The maximum Gasteiger partial charge on any atom is 0.257 e. The van der Waals surface area contributed by atoms with Gasteiger partial charge in [0, 0.05) is 10.9 Å². The van der Waals surface area contributed by atoms with Crippen molar-refractivity contribution in [3.05, 3.63) is 46.5 Å². The van der Waals surface area contributed by atoms with Gasteiger partial charge >= 0.3 is 0 Å². The molecule has 1 aromatic heterocycles. The third-order valence-electron chi connectivity index (χ3n) is 3.15. The molecule has 0 aliphatic carbocycles. The predicted molar refractivity (Wildman–Crippen MR) is 84.6 cm³/mol. The van der Waals surface area contributed by atoms with Crippen LogP contribution in [0.25, 0.3) is 0 Å². The average Bonchev–Trinajstić information content (AvgIpc) is 2.85. The van der Waals surface area contributed by atoms with Crippen molar-refractivity contribution in [3.8, 4) is 0 Å². The fourth-order valence-corrected chi connectivity index (χ4v) is 2.61. The van der Waals surface area contributed by atoms with Crippen molar-refractivity contribution in [3.63, 3.8) is 0 Å². The lowest BCUT2D eigenvalue weighted by Crippen LogP contribution is -2.14. The fraction of sp³-hybridized carbons (Fsp3) is 0.375. The molecule has 0 unspecified atom stereocenters. The van der Waals surface area contributed by atoms with Gasteiger partial charge in [-0.1, -0.05) is 39.8 Å². The van der Waals surface area contributed by atoms with E-state index < -0.39 is 0 Å². The molecule has 0 saturated heterocycles. The second-order valence-electron chi connectivity index (χ2n) is 5.78. The van der Waals surface area contributed by atoms with Crippen LogP contribution in [0.3, 0.4) is 0 Å². The van der Waals surface area contributed by atoms with Gasteiger partial charge in [0.15, 0.2) is 5.13 Å². The summed E-state index contributed by atoms with van der Waals surface area (Å²) in [7, 11) is 0. The molecule has 0 radical (unpaired) electrons. The number of benzene rings is 1. The molecule has 3 nitrogen and oxygen atoms in total. The third kappa shape index (κ3) is 3.45. The van der Waals surface area contributed by atoms with E-state index in [1.807, 2.05) is 36.6 Å². The summed E-state index contributed by atoms with van der Waals surface area (Å²) in [5.74, 6) is -0.109. The molecule has 1 N–H and O–H groups in total. The summed E-state index contributed by atoms with van der Waals surface area (Å²) in [6, 6.07) is 7.75. The fourth-order valence-electron chi connectivity index (χ4n) is 1.82. The molecule has 0 fully saturated rings. The Morgan fingerprint density at radius 1 is 1.25 bits per heavy atom. The Balaban J connectivity index is 2.09. The van der Waals surface area contributed by atoms with E-state index in [-0.39, 0.29) is 11.3 Å². The molecule has 2 aromatic rings. The van der Waals surface area contributed by atoms with Gasteiger partial charge in [-0.2, -0.15) is 0 Å². The van der Waals surface area contributed by atoms with E-state index in [9.17, 15) is 4.79 Å². The van der Waals surface area contributed by atoms with Crippen molar-refractivity contribution < 1.29 is 4.79 Å². The second kappa shape index (κ2) is 5.75. The molecule has 20 heavy (non-hydrogen) atoms. The van der Waals surface area contributed by atoms with Crippen molar-refractivity contribution in [2.75, 3.05) is 5.32 Å². The zero-order chi connectivity index (χ0) is 14.8. The van der Waals surface area contributed by atoms with Crippen LogP contribution >= 0.6 is 11.3 Å². The summed E-state index contributed by atoms with van der Waals surface area (Å²) >= 11 is 1.46. The molecule has 0 aliphatic heterocycles. The van der Waals surface area contributed by atoms with Gasteiger partial charge in [-0.25, -0.2) is 4.98 Å². The highest BCUT2D eigenvalue weighted by Gasteiger charge is 2.14. The van der Waals surface area contributed by atoms with E-state index in [2.05, 4.69) is 31.1 Å². The van der Waals surface area contributed by atoms with Crippen LogP contribution in [0.5, 0.6) is 0 Å². The number of carbonyl (C=O) groups excluding carboxylic acids is 1.